The normalized spacial score (nSPS) is 14.1. The van der Waals surface area contributed by atoms with Gasteiger partial charge in [-0.25, -0.2) is 17.5 Å². The Hall–Kier alpha value is -1.92. The predicted octanol–water partition coefficient (Wildman–Crippen LogP) is 2.67. The third-order valence-electron chi connectivity index (χ3n) is 3.83. The Morgan fingerprint density at radius 3 is 2.83 bits per heavy atom. The lowest BCUT2D eigenvalue weighted by atomic mass is 10.1. The van der Waals surface area contributed by atoms with E-state index in [1.54, 1.807) is 30.3 Å². The fourth-order valence-corrected chi connectivity index (χ4v) is 3.69. The van der Waals surface area contributed by atoms with Crippen LogP contribution in [0.25, 0.3) is 0 Å². The molecule has 1 N–H and O–H groups in total. The number of rotatable bonds is 5. The molecular weight excluding hydrogens is 317 g/mol. The molecule has 3 rings (SSSR count). The zero-order valence-electron chi connectivity index (χ0n) is 12.6. The Labute approximate surface area is 135 Å². The van der Waals surface area contributed by atoms with Crippen molar-refractivity contribution >= 4 is 10.0 Å². The summed E-state index contributed by atoms with van der Waals surface area (Å²) in [6.07, 6.45) is 2.01. The number of sulfonamides is 1. The molecule has 0 spiro atoms. The summed E-state index contributed by atoms with van der Waals surface area (Å²) in [6.45, 7) is 0.816. The van der Waals surface area contributed by atoms with E-state index in [2.05, 4.69) is 4.72 Å². The van der Waals surface area contributed by atoms with Crippen LogP contribution in [-0.4, -0.2) is 21.6 Å². The van der Waals surface area contributed by atoms with Crippen molar-refractivity contribution in [2.45, 2.75) is 24.2 Å². The first-order chi connectivity index (χ1) is 11.1. The smallest absolute Gasteiger partial charge is 0.240 e. The summed E-state index contributed by atoms with van der Waals surface area (Å²) >= 11 is 0. The molecule has 2 aromatic carbocycles. The molecule has 0 aliphatic carbocycles. The van der Waals surface area contributed by atoms with Crippen LogP contribution >= 0.6 is 0 Å². The molecule has 23 heavy (non-hydrogen) atoms. The van der Waals surface area contributed by atoms with Crippen LogP contribution in [0.4, 0.5) is 4.39 Å². The van der Waals surface area contributed by atoms with E-state index in [9.17, 15) is 12.8 Å². The van der Waals surface area contributed by atoms with Gasteiger partial charge in [0.2, 0.25) is 10.0 Å². The van der Waals surface area contributed by atoms with Gasteiger partial charge in [0.05, 0.1) is 11.5 Å². The summed E-state index contributed by atoms with van der Waals surface area (Å²) in [5.41, 5.74) is 1.40. The summed E-state index contributed by atoms with van der Waals surface area (Å²) in [7, 11) is -3.60. The second kappa shape index (κ2) is 6.68. The fourth-order valence-electron chi connectivity index (χ4n) is 2.61. The standard InChI is InChI=1S/C17H18FNO3S/c18-16-6-2-1-4-13(16)9-10-19-23(20,21)15-7-8-17-14(12-15)5-3-11-22-17/h1-2,4,6-8,12,19H,3,5,9-11H2. The minimum atomic E-state index is -3.60. The SMILES string of the molecule is O=S(=O)(NCCc1ccccc1F)c1ccc2c(c1)CCCO2. The molecule has 0 saturated heterocycles. The zero-order valence-corrected chi connectivity index (χ0v) is 13.4. The maximum atomic E-state index is 13.5. The molecule has 122 valence electrons. The van der Waals surface area contributed by atoms with E-state index in [0.29, 0.717) is 18.6 Å². The second-order valence-electron chi connectivity index (χ2n) is 5.46. The maximum Gasteiger partial charge on any atom is 0.240 e. The highest BCUT2D eigenvalue weighted by molar-refractivity contribution is 7.89. The van der Waals surface area contributed by atoms with Crippen LogP contribution in [0.5, 0.6) is 5.75 Å². The fraction of sp³-hybridized carbons (Fsp3) is 0.294. The van der Waals surface area contributed by atoms with Crippen molar-refractivity contribution < 1.29 is 17.5 Å². The number of halogens is 1. The van der Waals surface area contributed by atoms with Gasteiger partial charge in [-0.1, -0.05) is 18.2 Å². The molecule has 0 amide bonds. The van der Waals surface area contributed by atoms with Crippen molar-refractivity contribution in [3.05, 3.63) is 59.4 Å². The van der Waals surface area contributed by atoms with Crippen LogP contribution < -0.4 is 9.46 Å². The molecule has 0 atom stereocenters. The van der Waals surface area contributed by atoms with Gasteiger partial charge >= 0.3 is 0 Å². The number of benzene rings is 2. The average Bonchev–Trinajstić information content (AvgIpc) is 2.56. The van der Waals surface area contributed by atoms with Gasteiger partial charge < -0.3 is 4.74 Å². The lowest BCUT2D eigenvalue weighted by Crippen LogP contribution is -2.26. The summed E-state index contributed by atoms with van der Waals surface area (Å²) in [4.78, 5) is 0.218. The van der Waals surface area contributed by atoms with Crippen LogP contribution in [0.2, 0.25) is 0 Å². The minimum absolute atomic E-state index is 0.150. The molecule has 0 radical (unpaired) electrons. The van der Waals surface area contributed by atoms with E-state index < -0.39 is 10.0 Å². The van der Waals surface area contributed by atoms with E-state index in [-0.39, 0.29) is 17.3 Å². The van der Waals surface area contributed by atoms with Crippen molar-refractivity contribution in [1.82, 2.24) is 4.72 Å². The lowest BCUT2D eigenvalue weighted by Gasteiger charge is -2.18. The van der Waals surface area contributed by atoms with E-state index in [1.807, 2.05) is 0 Å². The van der Waals surface area contributed by atoms with E-state index in [1.165, 1.54) is 12.1 Å². The number of aryl methyl sites for hydroxylation is 1. The topological polar surface area (TPSA) is 55.4 Å². The van der Waals surface area contributed by atoms with Gasteiger partial charge in [-0.2, -0.15) is 0 Å². The summed E-state index contributed by atoms with van der Waals surface area (Å²) in [5.74, 6) is 0.430. The van der Waals surface area contributed by atoms with Gasteiger partial charge in [0.25, 0.3) is 0 Å². The number of nitrogens with one attached hydrogen (secondary N) is 1. The largest absolute Gasteiger partial charge is 0.493 e. The van der Waals surface area contributed by atoms with Gasteiger partial charge in [-0.15, -0.1) is 0 Å². The van der Waals surface area contributed by atoms with Crippen molar-refractivity contribution in [3.63, 3.8) is 0 Å². The Morgan fingerprint density at radius 2 is 2.00 bits per heavy atom. The van der Waals surface area contributed by atoms with Crippen LogP contribution in [0.1, 0.15) is 17.5 Å². The van der Waals surface area contributed by atoms with Gasteiger partial charge in [0.1, 0.15) is 11.6 Å². The molecule has 0 bridgehead atoms. The molecule has 1 heterocycles. The number of hydrogen-bond donors (Lipinski definition) is 1. The summed E-state index contributed by atoms with van der Waals surface area (Å²) < 4.78 is 46.2. The molecule has 0 aromatic heterocycles. The molecule has 2 aromatic rings. The predicted molar refractivity (Wildman–Crippen MR) is 85.6 cm³/mol. The van der Waals surface area contributed by atoms with E-state index in [4.69, 9.17) is 4.74 Å². The van der Waals surface area contributed by atoms with Gasteiger partial charge in [-0.05, 0) is 54.7 Å². The van der Waals surface area contributed by atoms with Gasteiger partial charge in [-0.3, -0.25) is 0 Å². The number of fused-ring (bicyclic) bond motifs is 1. The third kappa shape index (κ3) is 3.71. The summed E-state index contributed by atoms with van der Waals surface area (Å²) in [6, 6.07) is 11.2. The van der Waals surface area contributed by atoms with Crippen molar-refractivity contribution in [1.29, 1.82) is 0 Å². The molecule has 1 aliphatic rings. The van der Waals surface area contributed by atoms with Gasteiger partial charge in [0, 0.05) is 6.54 Å². The number of ether oxygens (including phenoxy) is 1. The van der Waals surface area contributed by atoms with Crippen LogP contribution in [0.15, 0.2) is 47.4 Å². The molecular formula is C17H18FNO3S. The van der Waals surface area contributed by atoms with E-state index >= 15 is 0 Å². The highest BCUT2D eigenvalue weighted by Gasteiger charge is 2.18. The Kier molecular flexibility index (Phi) is 4.63. The lowest BCUT2D eigenvalue weighted by molar-refractivity contribution is 0.288. The first kappa shape index (κ1) is 16.0. The molecule has 0 saturated carbocycles. The van der Waals surface area contributed by atoms with Gasteiger partial charge in [0.15, 0.2) is 0 Å². The van der Waals surface area contributed by atoms with Crippen LogP contribution in [0.3, 0.4) is 0 Å². The molecule has 0 unspecified atom stereocenters. The van der Waals surface area contributed by atoms with Crippen molar-refractivity contribution in [3.8, 4) is 5.75 Å². The van der Waals surface area contributed by atoms with Crippen molar-refractivity contribution in [2.75, 3.05) is 13.2 Å². The minimum Gasteiger partial charge on any atom is -0.493 e. The molecule has 1 aliphatic heterocycles. The molecule has 6 heteroatoms. The molecule has 4 nitrogen and oxygen atoms in total. The molecule has 0 fully saturated rings. The second-order valence-corrected chi connectivity index (χ2v) is 7.23. The van der Waals surface area contributed by atoms with Crippen LogP contribution in [0, 0.1) is 5.82 Å². The van der Waals surface area contributed by atoms with Crippen molar-refractivity contribution in [2.24, 2.45) is 0 Å². The number of hydrogen-bond acceptors (Lipinski definition) is 3. The third-order valence-corrected chi connectivity index (χ3v) is 5.29. The highest BCUT2D eigenvalue weighted by Crippen LogP contribution is 2.27. The monoisotopic (exact) mass is 335 g/mol. The maximum absolute atomic E-state index is 13.5. The average molecular weight is 335 g/mol. The van der Waals surface area contributed by atoms with E-state index in [0.717, 1.165) is 24.2 Å². The Bertz CT molecular complexity index is 805. The quantitative estimate of drug-likeness (QED) is 0.914. The Morgan fingerprint density at radius 1 is 1.17 bits per heavy atom. The first-order valence-electron chi connectivity index (χ1n) is 7.55. The zero-order chi connectivity index (χ0) is 16.3. The Balaban J connectivity index is 1.68. The summed E-state index contributed by atoms with van der Waals surface area (Å²) in [5, 5.41) is 0. The highest BCUT2D eigenvalue weighted by atomic mass is 32.2. The first-order valence-corrected chi connectivity index (χ1v) is 9.03. The van der Waals surface area contributed by atoms with Crippen LogP contribution in [-0.2, 0) is 22.9 Å².